The molecule has 0 N–H and O–H groups in total. The second kappa shape index (κ2) is 3.77. The molecule has 56 valence electrons. The average Bonchev–Trinajstić information content (AvgIpc) is 2.06. The van der Waals surface area contributed by atoms with Gasteiger partial charge in [-0.25, -0.2) is 0 Å². The van der Waals surface area contributed by atoms with E-state index in [9.17, 15) is 0 Å². The Bertz CT molecular complexity index is 345. The lowest BCUT2D eigenvalue weighted by atomic mass is 10.2. The monoisotopic (exact) mass is 144 g/mol. The highest BCUT2D eigenvalue weighted by atomic mass is 13.8. The van der Waals surface area contributed by atoms with Crippen LogP contribution in [0.5, 0.6) is 0 Å². The highest BCUT2D eigenvalue weighted by molar-refractivity contribution is 5.37. The summed E-state index contributed by atoms with van der Waals surface area (Å²) in [5.74, 6) is 0. The molecule has 1 rings (SSSR count). The van der Waals surface area contributed by atoms with Gasteiger partial charge < -0.3 is 0 Å². The molecule has 0 fully saturated rings. The maximum atomic E-state index is 3.66. The minimum Gasteiger partial charge on any atom is -0.0990 e. The molecule has 0 aliphatic rings. The van der Waals surface area contributed by atoms with Gasteiger partial charge in [0, 0.05) is 0 Å². The zero-order chi connectivity index (χ0) is 8.10. The number of benzene rings is 1. The SMILES string of the molecule is C=C/C=c1\cccc\c1=C\C. The Morgan fingerprint density at radius 3 is 2.36 bits per heavy atom. The third kappa shape index (κ3) is 1.81. The fourth-order valence-corrected chi connectivity index (χ4v) is 1.05. The molecule has 0 saturated heterocycles. The molecule has 0 amide bonds. The van der Waals surface area contributed by atoms with Crippen LogP contribution < -0.4 is 10.4 Å². The van der Waals surface area contributed by atoms with E-state index in [2.05, 4.69) is 24.8 Å². The summed E-state index contributed by atoms with van der Waals surface area (Å²) in [6.45, 7) is 5.70. The lowest BCUT2D eigenvalue weighted by Gasteiger charge is -1.86. The number of hydrogen-bond acceptors (Lipinski definition) is 0. The first kappa shape index (κ1) is 7.80. The van der Waals surface area contributed by atoms with E-state index in [4.69, 9.17) is 0 Å². The average molecular weight is 144 g/mol. The lowest BCUT2D eigenvalue weighted by molar-refractivity contribution is 1.51. The molecule has 0 nitrogen and oxygen atoms in total. The smallest absolute Gasteiger partial charge is 0.0188 e. The minimum absolute atomic E-state index is 1.23. The van der Waals surface area contributed by atoms with Gasteiger partial charge in [-0.15, -0.1) is 0 Å². The Morgan fingerprint density at radius 2 is 1.82 bits per heavy atom. The fourth-order valence-electron chi connectivity index (χ4n) is 1.05. The van der Waals surface area contributed by atoms with Crippen molar-refractivity contribution >= 4 is 12.2 Å². The molecule has 0 aliphatic heterocycles. The number of hydrogen-bond donors (Lipinski definition) is 0. The van der Waals surface area contributed by atoms with E-state index < -0.39 is 0 Å². The van der Waals surface area contributed by atoms with Gasteiger partial charge in [-0.05, 0) is 17.4 Å². The van der Waals surface area contributed by atoms with E-state index >= 15 is 0 Å². The summed E-state index contributed by atoms with van der Waals surface area (Å²) >= 11 is 0. The van der Waals surface area contributed by atoms with Crippen molar-refractivity contribution in [1.29, 1.82) is 0 Å². The Hall–Kier alpha value is -1.30. The van der Waals surface area contributed by atoms with Crippen molar-refractivity contribution in [2.75, 3.05) is 0 Å². The molecule has 11 heavy (non-hydrogen) atoms. The molecule has 0 aromatic heterocycles. The van der Waals surface area contributed by atoms with Crippen LogP contribution >= 0.6 is 0 Å². The van der Waals surface area contributed by atoms with Crippen molar-refractivity contribution in [2.24, 2.45) is 0 Å². The summed E-state index contributed by atoms with van der Waals surface area (Å²) in [6.07, 6.45) is 5.91. The summed E-state index contributed by atoms with van der Waals surface area (Å²) in [5, 5.41) is 2.48. The van der Waals surface area contributed by atoms with Crippen molar-refractivity contribution in [1.82, 2.24) is 0 Å². The molecule has 0 heteroatoms. The van der Waals surface area contributed by atoms with E-state index in [0.29, 0.717) is 0 Å². The fraction of sp³-hybridized carbons (Fsp3) is 0.0909. The molecule has 1 aromatic carbocycles. The Morgan fingerprint density at radius 1 is 1.18 bits per heavy atom. The van der Waals surface area contributed by atoms with Crippen LogP contribution in [-0.4, -0.2) is 0 Å². The number of rotatable bonds is 1. The predicted molar refractivity (Wildman–Crippen MR) is 50.5 cm³/mol. The van der Waals surface area contributed by atoms with Crippen molar-refractivity contribution < 1.29 is 0 Å². The second-order valence-electron chi connectivity index (χ2n) is 2.32. The molecular weight excluding hydrogens is 132 g/mol. The predicted octanol–water partition coefficient (Wildman–Crippen LogP) is 1.45. The van der Waals surface area contributed by atoms with Crippen LogP contribution in [0.4, 0.5) is 0 Å². The van der Waals surface area contributed by atoms with Crippen LogP contribution in [0.2, 0.25) is 0 Å². The Balaban J connectivity index is 3.48. The highest BCUT2D eigenvalue weighted by Gasteiger charge is 1.78. The van der Waals surface area contributed by atoms with Crippen LogP contribution in [0.3, 0.4) is 0 Å². The van der Waals surface area contributed by atoms with E-state index in [1.807, 2.05) is 31.2 Å². The van der Waals surface area contributed by atoms with Gasteiger partial charge in [0.1, 0.15) is 0 Å². The highest BCUT2D eigenvalue weighted by Crippen LogP contribution is 1.72. The zero-order valence-corrected chi connectivity index (χ0v) is 6.75. The largest absolute Gasteiger partial charge is 0.0990 e. The van der Waals surface area contributed by atoms with Crippen molar-refractivity contribution in [3.8, 4) is 0 Å². The van der Waals surface area contributed by atoms with E-state index in [0.717, 1.165) is 0 Å². The minimum atomic E-state index is 1.23. The number of allylic oxidation sites excluding steroid dienone is 1. The molecule has 0 unspecified atom stereocenters. The van der Waals surface area contributed by atoms with Crippen molar-refractivity contribution in [2.45, 2.75) is 6.92 Å². The van der Waals surface area contributed by atoms with E-state index in [1.54, 1.807) is 0 Å². The zero-order valence-electron chi connectivity index (χ0n) is 6.75. The van der Waals surface area contributed by atoms with Gasteiger partial charge in [-0.2, -0.15) is 0 Å². The van der Waals surface area contributed by atoms with Gasteiger partial charge in [0.2, 0.25) is 0 Å². The molecule has 0 heterocycles. The first-order chi connectivity index (χ1) is 5.38. The van der Waals surface area contributed by atoms with Crippen LogP contribution in [0.15, 0.2) is 36.9 Å². The summed E-state index contributed by atoms with van der Waals surface area (Å²) in [7, 11) is 0. The van der Waals surface area contributed by atoms with Crippen molar-refractivity contribution in [3.63, 3.8) is 0 Å². The quantitative estimate of drug-likeness (QED) is 0.559. The van der Waals surface area contributed by atoms with Gasteiger partial charge in [-0.3, -0.25) is 0 Å². The van der Waals surface area contributed by atoms with Gasteiger partial charge in [0.05, 0.1) is 0 Å². The summed E-state index contributed by atoms with van der Waals surface area (Å²) in [6, 6.07) is 8.24. The molecule has 0 spiro atoms. The van der Waals surface area contributed by atoms with Gasteiger partial charge >= 0.3 is 0 Å². The first-order valence-electron chi connectivity index (χ1n) is 3.72. The molecule has 0 atom stereocenters. The molecule has 0 bridgehead atoms. The molecule has 0 aliphatic carbocycles. The Kier molecular flexibility index (Phi) is 2.67. The van der Waals surface area contributed by atoms with Gasteiger partial charge in [0.25, 0.3) is 0 Å². The van der Waals surface area contributed by atoms with Crippen LogP contribution in [0, 0.1) is 0 Å². The van der Waals surface area contributed by atoms with Gasteiger partial charge in [-0.1, -0.05) is 49.1 Å². The summed E-state index contributed by atoms with van der Waals surface area (Å²) in [4.78, 5) is 0. The summed E-state index contributed by atoms with van der Waals surface area (Å²) < 4.78 is 0. The third-order valence-electron chi connectivity index (χ3n) is 1.60. The molecule has 0 radical (unpaired) electrons. The lowest BCUT2D eigenvalue weighted by Crippen LogP contribution is -2.22. The normalized spacial score (nSPS) is 13.5. The van der Waals surface area contributed by atoms with Gasteiger partial charge in [0.15, 0.2) is 0 Å². The van der Waals surface area contributed by atoms with Crippen LogP contribution in [0.1, 0.15) is 6.92 Å². The molecule has 1 aromatic rings. The van der Waals surface area contributed by atoms with Crippen LogP contribution in [0.25, 0.3) is 12.2 Å². The molecule has 0 saturated carbocycles. The third-order valence-corrected chi connectivity index (χ3v) is 1.60. The first-order valence-corrected chi connectivity index (χ1v) is 3.72. The van der Waals surface area contributed by atoms with Crippen molar-refractivity contribution in [3.05, 3.63) is 47.4 Å². The maximum absolute atomic E-state index is 3.66. The molecular formula is C11H12. The standard InChI is InChI=1S/C11H12/c1-3-7-11-9-6-5-8-10(11)4-2/h3-9H,1H2,2H3/b10-4-,11-7+. The summed E-state index contributed by atoms with van der Waals surface area (Å²) in [5.41, 5.74) is 0. The Labute approximate surface area is 67.2 Å². The van der Waals surface area contributed by atoms with Crippen LogP contribution in [-0.2, 0) is 0 Å². The van der Waals surface area contributed by atoms with E-state index in [1.165, 1.54) is 10.4 Å². The maximum Gasteiger partial charge on any atom is -0.0188 e. The topological polar surface area (TPSA) is 0 Å². The van der Waals surface area contributed by atoms with E-state index in [-0.39, 0.29) is 0 Å². The second-order valence-corrected chi connectivity index (χ2v) is 2.32.